The number of anilines is 2. The Hall–Kier alpha value is -2.76. The first-order chi connectivity index (χ1) is 16.9. The van der Waals surface area contributed by atoms with Crippen molar-refractivity contribution in [3.63, 3.8) is 0 Å². The predicted octanol–water partition coefficient (Wildman–Crippen LogP) is 2.36. The van der Waals surface area contributed by atoms with Crippen molar-refractivity contribution >= 4 is 27.6 Å². The van der Waals surface area contributed by atoms with Crippen LogP contribution in [0.5, 0.6) is 0 Å². The van der Waals surface area contributed by atoms with Crippen molar-refractivity contribution in [3.8, 4) is 11.4 Å². The minimum Gasteiger partial charge on any atom is -0.377 e. The number of ether oxygens (including phenoxy) is 1. The molecule has 1 saturated heterocycles. The van der Waals surface area contributed by atoms with Crippen LogP contribution in [0.4, 0.5) is 16.3 Å². The number of urea groups is 1. The summed E-state index contributed by atoms with van der Waals surface area (Å²) >= 11 is 0. The van der Waals surface area contributed by atoms with Crippen LogP contribution >= 0.6 is 0 Å². The highest BCUT2D eigenvalue weighted by Gasteiger charge is 2.42. The Morgan fingerprint density at radius 2 is 1.94 bits per heavy atom. The predicted molar refractivity (Wildman–Crippen MR) is 134 cm³/mol. The number of hydrogen-bond acceptors (Lipinski definition) is 7. The van der Waals surface area contributed by atoms with Gasteiger partial charge in [0.2, 0.25) is 10.0 Å². The summed E-state index contributed by atoms with van der Waals surface area (Å²) in [6.45, 7) is 7.22. The average molecular weight is 501 g/mol. The Bertz CT molecular complexity index is 1200. The highest BCUT2D eigenvalue weighted by atomic mass is 32.2. The van der Waals surface area contributed by atoms with Gasteiger partial charge in [-0.05, 0) is 57.4 Å². The fourth-order valence-corrected chi connectivity index (χ4v) is 6.43. The van der Waals surface area contributed by atoms with Gasteiger partial charge in [-0.3, -0.25) is 0 Å². The lowest BCUT2D eigenvalue weighted by atomic mass is 10.0. The lowest BCUT2D eigenvalue weighted by Gasteiger charge is -2.37. The zero-order valence-corrected chi connectivity index (χ0v) is 21.0. The molecule has 3 aliphatic rings. The number of aromatic nitrogens is 2. The van der Waals surface area contributed by atoms with Crippen molar-refractivity contribution < 1.29 is 17.9 Å². The molecule has 1 aliphatic carbocycles. The highest BCUT2D eigenvalue weighted by Crippen LogP contribution is 2.36. The molecule has 1 aromatic heterocycles. The van der Waals surface area contributed by atoms with Crippen molar-refractivity contribution in [1.82, 2.24) is 19.6 Å². The minimum absolute atomic E-state index is 0.160. The Balaban J connectivity index is 1.49. The summed E-state index contributed by atoms with van der Waals surface area (Å²) in [5.74, 6) is 1.42. The van der Waals surface area contributed by atoms with Gasteiger partial charge in [0.15, 0.2) is 5.82 Å². The van der Waals surface area contributed by atoms with E-state index in [0.29, 0.717) is 44.2 Å². The first-order valence-corrected chi connectivity index (χ1v) is 13.8. The fraction of sp³-hybridized carbons (Fsp3) is 0.542. The second-order valence-electron chi connectivity index (χ2n) is 9.30. The van der Waals surface area contributed by atoms with Crippen LogP contribution in [-0.2, 0) is 27.7 Å². The number of amides is 2. The molecule has 1 atom stereocenters. The van der Waals surface area contributed by atoms with Crippen molar-refractivity contribution in [2.45, 2.75) is 50.9 Å². The summed E-state index contributed by atoms with van der Waals surface area (Å²) in [4.78, 5) is 23.9. The van der Waals surface area contributed by atoms with Gasteiger partial charge in [0.05, 0.1) is 36.7 Å². The van der Waals surface area contributed by atoms with E-state index in [1.54, 1.807) is 4.31 Å². The van der Waals surface area contributed by atoms with Gasteiger partial charge in [-0.1, -0.05) is 0 Å². The van der Waals surface area contributed by atoms with E-state index in [-0.39, 0.29) is 23.9 Å². The van der Waals surface area contributed by atoms with E-state index in [2.05, 4.69) is 22.5 Å². The van der Waals surface area contributed by atoms with Gasteiger partial charge in [-0.2, -0.15) is 4.31 Å². The Morgan fingerprint density at radius 3 is 2.63 bits per heavy atom. The summed E-state index contributed by atoms with van der Waals surface area (Å²) in [6, 6.07) is 7.27. The van der Waals surface area contributed by atoms with Crippen LogP contribution in [0.1, 0.15) is 37.9 Å². The lowest BCUT2D eigenvalue weighted by Crippen LogP contribution is -2.46. The second-order valence-corrected chi connectivity index (χ2v) is 11.5. The topological polar surface area (TPSA) is 117 Å². The summed E-state index contributed by atoms with van der Waals surface area (Å²) in [5.41, 5.74) is 3.27. The zero-order chi connectivity index (χ0) is 24.6. The summed E-state index contributed by atoms with van der Waals surface area (Å²) in [6.07, 6.45) is 2.08. The van der Waals surface area contributed by atoms with Crippen LogP contribution in [0.25, 0.3) is 11.4 Å². The lowest BCUT2D eigenvalue weighted by molar-refractivity contribution is 0.0984. The minimum atomic E-state index is -3.29. The van der Waals surface area contributed by atoms with Gasteiger partial charge >= 0.3 is 6.03 Å². The zero-order valence-electron chi connectivity index (χ0n) is 20.2. The molecule has 11 heteroatoms. The molecular formula is C24H32N6O4S. The molecule has 2 aliphatic heterocycles. The number of sulfonamides is 1. The molecule has 3 heterocycles. The van der Waals surface area contributed by atoms with E-state index in [0.717, 1.165) is 42.0 Å². The van der Waals surface area contributed by atoms with Gasteiger partial charge in [-0.25, -0.2) is 23.2 Å². The highest BCUT2D eigenvalue weighted by molar-refractivity contribution is 7.90. The number of morpholine rings is 1. The maximum Gasteiger partial charge on any atom is 0.319 e. The number of rotatable bonds is 6. The summed E-state index contributed by atoms with van der Waals surface area (Å²) in [7, 11) is -3.29. The van der Waals surface area contributed by atoms with E-state index in [9.17, 15) is 13.2 Å². The van der Waals surface area contributed by atoms with E-state index in [1.807, 2.05) is 31.2 Å². The van der Waals surface area contributed by atoms with Crippen LogP contribution in [0, 0.1) is 0 Å². The van der Waals surface area contributed by atoms with E-state index in [4.69, 9.17) is 14.7 Å². The SMILES string of the molecule is CCNC(=O)Nc1ccc(-c2nc3c(c(N4CCOC[C@@H]4C)n2)CCN(S(=O)(=O)C2CC2)C3)cc1. The Morgan fingerprint density at radius 1 is 1.17 bits per heavy atom. The maximum atomic E-state index is 12.9. The van der Waals surface area contributed by atoms with Crippen molar-refractivity contribution in [2.24, 2.45) is 0 Å². The molecule has 0 unspecified atom stereocenters. The number of fused-ring (bicyclic) bond motifs is 1. The number of benzene rings is 1. The first kappa shape index (κ1) is 24.0. The van der Waals surface area contributed by atoms with Gasteiger partial charge in [-0.15, -0.1) is 0 Å². The van der Waals surface area contributed by atoms with Crippen LogP contribution in [0.15, 0.2) is 24.3 Å². The second kappa shape index (κ2) is 9.71. The third-order valence-corrected chi connectivity index (χ3v) is 9.04. The van der Waals surface area contributed by atoms with Gasteiger partial charge in [0.1, 0.15) is 5.82 Å². The van der Waals surface area contributed by atoms with E-state index in [1.165, 1.54) is 0 Å². The quantitative estimate of drug-likeness (QED) is 0.625. The van der Waals surface area contributed by atoms with Gasteiger partial charge < -0.3 is 20.3 Å². The van der Waals surface area contributed by atoms with E-state index >= 15 is 0 Å². The third-order valence-electron chi connectivity index (χ3n) is 6.69. The molecule has 1 aromatic carbocycles. The number of carbonyl (C=O) groups is 1. The Labute approximate surface area is 206 Å². The standard InChI is InChI=1S/C24H32N6O4S/c1-3-25-24(31)26-18-6-4-17(5-7-18)22-27-21-14-29(35(32,33)19-8-9-19)11-10-20(21)23(28-22)30-12-13-34-15-16(30)2/h4-7,16,19H,3,8-15H2,1-2H3,(H2,25,26,31)/t16-/m0/s1. The molecular weight excluding hydrogens is 468 g/mol. The van der Waals surface area contributed by atoms with E-state index < -0.39 is 10.0 Å². The number of nitrogens with one attached hydrogen (secondary N) is 2. The number of hydrogen-bond donors (Lipinski definition) is 2. The molecule has 2 fully saturated rings. The van der Waals surface area contributed by atoms with Crippen LogP contribution < -0.4 is 15.5 Å². The molecule has 10 nitrogen and oxygen atoms in total. The Kier molecular flexibility index (Phi) is 6.65. The number of carbonyl (C=O) groups excluding carboxylic acids is 1. The molecule has 2 amide bonds. The van der Waals surface area contributed by atoms with Crippen molar-refractivity contribution in [1.29, 1.82) is 0 Å². The monoisotopic (exact) mass is 500 g/mol. The van der Waals surface area contributed by atoms with Gasteiger partial charge in [0.25, 0.3) is 0 Å². The van der Waals surface area contributed by atoms with Crippen LogP contribution in [-0.4, -0.2) is 72.9 Å². The molecule has 5 rings (SSSR count). The van der Waals surface area contributed by atoms with Crippen molar-refractivity contribution in [3.05, 3.63) is 35.5 Å². The normalized spacial score (nSPS) is 20.9. The molecule has 0 bridgehead atoms. The third kappa shape index (κ3) is 4.98. The molecule has 2 N–H and O–H groups in total. The molecule has 35 heavy (non-hydrogen) atoms. The molecule has 2 aromatic rings. The maximum absolute atomic E-state index is 12.9. The summed E-state index contributed by atoms with van der Waals surface area (Å²) < 4.78 is 33.1. The van der Waals surface area contributed by atoms with Gasteiger partial charge in [0, 0.05) is 36.4 Å². The fourth-order valence-electron chi connectivity index (χ4n) is 4.63. The molecule has 0 spiro atoms. The molecule has 0 radical (unpaired) electrons. The van der Waals surface area contributed by atoms with Crippen molar-refractivity contribution in [2.75, 3.05) is 43.1 Å². The number of nitrogens with zero attached hydrogens (tertiary/aromatic N) is 4. The van der Waals surface area contributed by atoms with Crippen LogP contribution in [0.2, 0.25) is 0 Å². The first-order valence-electron chi connectivity index (χ1n) is 12.2. The molecule has 1 saturated carbocycles. The molecule has 188 valence electrons. The largest absolute Gasteiger partial charge is 0.377 e. The van der Waals surface area contributed by atoms with Crippen LogP contribution in [0.3, 0.4) is 0 Å². The summed E-state index contributed by atoms with van der Waals surface area (Å²) in [5, 5.41) is 5.26. The smallest absolute Gasteiger partial charge is 0.319 e. The average Bonchev–Trinajstić information content (AvgIpc) is 3.70.